The summed E-state index contributed by atoms with van der Waals surface area (Å²) >= 11 is 4.07. The van der Waals surface area contributed by atoms with Crippen molar-refractivity contribution < 1.29 is 0 Å². The van der Waals surface area contributed by atoms with E-state index in [0.29, 0.717) is 0 Å². The fourth-order valence-corrected chi connectivity index (χ4v) is 1.57. The first kappa shape index (κ1) is 10.9. The average molecular weight is 217 g/mol. The van der Waals surface area contributed by atoms with E-state index in [-0.39, 0.29) is 0 Å². The smallest absolute Gasteiger partial charge is 0.0827 e. The molecule has 0 aromatic carbocycles. The van der Waals surface area contributed by atoms with Gasteiger partial charge < -0.3 is 0 Å². The van der Waals surface area contributed by atoms with E-state index in [1.807, 2.05) is 10.9 Å². The lowest BCUT2D eigenvalue weighted by Gasteiger charge is -1.94. The lowest BCUT2D eigenvalue weighted by molar-refractivity contribution is 0.632. The molecule has 0 radical (unpaired) electrons. The van der Waals surface area contributed by atoms with Crippen LogP contribution in [-0.2, 0) is 13.0 Å². The van der Waals surface area contributed by atoms with E-state index in [4.69, 9.17) is 0 Å². The van der Waals surface area contributed by atoms with E-state index in [0.717, 1.165) is 24.4 Å². The fraction of sp³-hybridized carbons (Fsp3) is 0.750. The van der Waals surface area contributed by atoms with Crippen LogP contribution in [0.2, 0.25) is 0 Å². The molecule has 0 saturated heterocycles. The van der Waals surface area contributed by atoms with Crippen molar-refractivity contribution in [3.05, 3.63) is 11.9 Å². The standard InChI is InChI=1S/C8H15N3S2/c1-2-3-4-8-7-11(10-9-8)5-6-13-12/h7,12H,2-6H2,1H3. The zero-order valence-electron chi connectivity index (χ0n) is 7.81. The molecule has 0 bridgehead atoms. The van der Waals surface area contributed by atoms with Gasteiger partial charge in [0.2, 0.25) is 0 Å². The number of aromatic nitrogens is 3. The molecule has 74 valence electrons. The Morgan fingerprint density at radius 1 is 1.62 bits per heavy atom. The molecule has 0 saturated carbocycles. The van der Waals surface area contributed by atoms with Gasteiger partial charge in [-0.1, -0.05) is 29.4 Å². The summed E-state index contributed by atoms with van der Waals surface area (Å²) in [5.41, 5.74) is 1.10. The summed E-state index contributed by atoms with van der Waals surface area (Å²) < 4.78 is 1.88. The van der Waals surface area contributed by atoms with Gasteiger partial charge in [0.25, 0.3) is 0 Å². The number of nitrogens with zero attached hydrogens (tertiary/aromatic N) is 3. The Kier molecular flexibility index (Phi) is 5.31. The first-order valence-corrected chi connectivity index (χ1v) is 6.56. The minimum Gasteiger partial charge on any atom is -0.251 e. The SMILES string of the molecule is CCCCc1cn(CCSS)nn1. The summed E-state index contributed by atoms with van der Waals surface area (Å²) in [7, 11) is 1.53. The highest BCUT2D eigenvalue weighted by molar-refractivity contribution is 8.68. The van der Waals surface area contributed by atoms with Crippen LogP contribution >= 0.6 is 22.5 Å². The number of hydrogen-bond donors (Lipinski definition) is 1. The molecule has 0 atom stereocenters. The first-order valence-electron chi connectivity index (χ1n) is 4.52. The summed E-state index contributed by atoms with van der Waals surface area (Å²) in [5.74, 6) is 0.972. The van der Waals surface area contributed by atoms with Crippen LogP contribution in [-0.4, -0.2) is 20.7 Å². The Morgan fingerprint density at radius 3 is 3.15 bits per heavy atom. The van der Waals surface area contributed by atoms with Gasteiger partial charge in [0, 0.05) is 11.9 Å². The molecule has 0 spiro atoms. The third-order valence-electron chi connectivity index (χ3n) is 1.78. The number of rotatable bonds is 6. The van der Waals surface area contributed by atoms with Gasteiger partial charge in [-0.05, 0) is 12.8 Å². The summed E-state index contributed by atoms with van der Waals surface area (Å²) in [6.07, 6.45) is 5.48. The van der Waals surface area contributed by atoms with Crippen LogP contribution in [0.3, 0.4) is 0 Å². The lowest BCUT2D eigenvalue weighted by atomic mass is 10.2. The van der Waals surface area contributed by atoms with Crippen molar-refractivity contribution in [1.82, 2.24) is 15.0 Å². The van der Waals surface area contributed by atoms with E-state index in [2.05, 4.69) is 28.9 Å². The van der Waals surface area contributed by atoms with Crippen molar-refractivity contribution in [3.63, 3.8) is 0 Å². The summed E-state index contributed by atoms with van der Waals surface area (Å²) in [5, 5.41) is 8.11. The van der Waals surface area contributed by atoms with Gasteiger partial charge in [0.1, 0.15) is 0 Å². The molecule has 1 rings (SSSR count). The van der Waals surface area contributed by atoms with Gasteiger partial charge in [-0.2, -0.15) is 0 Å². The molecule has 0 amide bonds. The minimum absolute atomic E-state index is 0.896. The van der Waals surface area contributed by atoms with E-state index in [1.165, 1.54) is 23.6 Å². The lowest BCUT2D eigenvalue weighted by Crippen LogP contribution is -1.99. The van der Waals surface area contributed by atoms with Crippen molar-refractivity contribution >= 4 is 22.5 Å². The summed E-state index contributed by atoms with van der Waals surface area (Å²) in [4.78, 5) is 0. The highest BCUT2D eigenvalue weighted by atomic mass is 33.1. The molecule has 1 heterocycles. The van der Waals surface area contributed by atoms with Crippen molar-refractivity contribution in [2.75, 3.05) is 5.75 Å². The Morgan fingerprint density at radius 2 is 2.46 bits per heavy atom. The van der Waals surface area contributed by atoms with Crippen LogP contribution in [0.1, 0.15) is 25.5 Å². The van der Waals surface area contributed by atoms with Crippen molar-refractivity contribution in [2.24, 2.45) is 0 Å². The van der Waals surface area contributed by atoms with Gasteiger partial charge in [-0.25, -0.2) is 0 Å². The topological polar surface area (TPSA) is 30.7 Å². The normalized spacial score (nSPS) is 10.6. The van der Waals surface area contributed by atoms with Gasteiger partial charge in [-0.15, -0.1) is 16.8 Å². The third-order valence-corrected chi connectivity index (χ3v) is 2.70. The average Bonchev–Trinajstić information content (AvgIpc) is 2.59. The van der Waals surface area contributed by atoms with E-state index in [1.54, 1.807) is 0 Å². The Hall–Kier alpha value is -0.160. The predicted octanol–water partition coefficient (Wildman–Crippen LogP) is 2.20. The van der Waals surface area contributed by atoms with Gasteiger partial charge in [0.15, 0.2) is 0 Å². The molecule has 1 aromatic rings. The molecule has 0 aliphatic carbocycles. The van der Waals surface area contributed by atoms with E-state index in [9.17, 15) is 0 Å². The highest BCUT2D eigenvalue weighted by Crippen LogP contribution is 2.05. The molecule has 0 fully saturated rings. The molecule has 13 heavy (non-hydrogen) atoms. The van der Waals surface area contributed by atoms with Gasteiger partial charge in [0.05, 0.1) is 12.2 Å². The second-order valence-corrected chi connectivity index (χ2v) is 4.35. The summed E-state index contributed by atoms with van der Waals surface area (Å²) in [6.45, 7) is 3.08. The first-order chi connectivity index (χ1) is 6.36. The molecular weight excluding hydrogens is 202 g/mol. The molecule has 0 aliphatic heterocycles. The van der Waals surface area contributed by atoms with Gasteiger partial charge in [-0.3, -0.25) is 4.68 Å². The Balaban J connectivity index is 2.34. The van der Waals surface area contributed by atoms with Crippen LogP contribution in [0.15, 0.2) is 6.20 Å². The molecule has 5 heteroatoms. The molecule has 0 N–H and O–H groups in total. The third kappa shape index (κ3) is 4.04. The molecule has 3 nitrogen and oxygen atoms in total. The van der Waals surface area contributed by atoms with Crippen LogP contribution < -0.4 is 0 Å². The monoisotopic (exact) mass is 217 g/mol. The van der Waals surface area contributed by atoms with E-state index >= 15 is 0 Å². The predicted molar refractivity (Wildman–Crippen MR) is 60.1 cm³/mol. The molecule has 1 aromatic heterocycles. The summed E-state index contributed by atoms with van der Waals surface area (Å²) in [6, 6.07) is 0. The van der Waals surface area contributed by atoms with Crippen LogP contribution in [0, 0.1) is 0 Å². The zero-order valence-corrected chi connectivity index (χ0v) is 9.52. The van der Waals surface area contributed by atoms with Crippen LogP contribution in [0.25, 0.3) is 0 Å². The highest BCUT2D eigenvalue weighted by Gasteiger charge is 1.98. The largest absolute Gasteiger partial charge is 0.251 e. The molecule has 0 unspecified atom stereocenters. The Bertz CT molecular complexity index is 215. The number of aryl methyl sites for hydroxylation is 2. The quantitative estimate of drug-likeness (QED) is 0.585. The maximum Gasteiger partial charge on any atom is 0.0827 e. The maximum absolute atomic E-state index is 4.09. The van der Waals surface area contributed by atoms with Gasteiger partial charge >= 0.3 is 0 Å². The molecule has 0 aliphatic rings. The van der Waals surface area contributed by atoms with Crippen molar-refractivity contribution in [1.29, 1.82) is 0 Å². The maximum atomic E-state index is 4.09. The van der Waals surface area contributed by atoms with Crippen LogP contribution in [0.5, 0.6) is 0 Å². The number of unbranched alkanes of at least 4 members (excludes halogenated alkanes) is 1. The minimum atomic E-state index is 0.896. The Labute approximate surface area is 88.1 Å². The van der Waals surface area contributed by atoms with E-state index < -0.39 is 0 Å². The molecular formula is C8H15N3S2. The zero-order chi connectivity index (χ0) is 9.52. The van der Waals surface area contributed by atoms with Crippen LogP contribution in [0.4, 0.5) is 0 Å². The second-order valence-electron chi connectivity index (χ2n) is 2.91. The number of hydrogen-bond acceptors (Lipinski definition) is 4. The fourth-order valence-electron chi connectivity index (χ4n) is 1.05. The second kappa shape index (κ2) is 6.32. The van der Waals surface area contributed by atoms with Crippen molar-refractivity contribution in [3.8, 4) is 0 Å². The van der Waals surface area contributed by atoms with Crippen molar-refractivity contribution in [2.45, 2.75) is 32.7 Å². The number of thiol groups is 1.